The molecule has 0 atom stereocenters. The third-order valence-corrected chi connectivity index (χ3v) is 3.20. The van der Waals surface area contributed by atoms with E-state index in [0.717, 1.165) is 12.8 Å². The summed E-state index contributed by atoms with van der Waals surface area (Å²) in [5.74, 6) is -1.24. The third kappa shape index (κ3) is 5.53. The number of carbonyl (C=O) groups excluding carboxylic acids is 1. The maximum atomic E-state index is 11.7. The average molecular weight is 335 g/mol. The van der Waals surface area contributed by atoms with Crippen molar-refractivity contribution in [3.63, 3.8) is 0 Å². The summed E-state index contributed by atoms with van der Waals surface area (Å²) in [6, 6.07) is 0. The molecule has 0 bridgehead atoms. The largest absolute Gasteiger partial charge is 0.469 e. The number of phosphoric acid groups is 1. The predicted molar refractivity (Wildman–Crippen MR) is 77.0 cm³/mol. The lowest BCUT2D eigenvalue weighted by atomic mass is 10.2. The van der Waals surface area contributed by atoms with E-state index in [1.54, 1.807) is 0 Å². The van der Waals surface area contributed by atoms with Crippen LogP contribution in [0, 0.1) is 5.41 Å². The van der Waals surface area contributed by atoms with Gasteiger partial charge in [0.15, 0.2) is 5.84 Å². The van der Waals surface area contributed by atoms with Crippen LogP contribution in [0.1, 0.15) is 19.8 Å². The molecule has 22 heavy (non-hydrogen) atoms. The van der Waals surface area contributed by atoms with Crippen LogP contribution in [0.15, 0.2) is 10.1 Å². The Morgan fingerprint density at radius 2 is 2.14 bits per heavy atom. The minimum atomic E-state index is -4.58. The molecule has 0 saturated carbocycles. The zero-order valence-corrected chi connectivity index (χ0v) is 12.8. The molecule has 124 valence electrons. The van der Waals surface area contributed by atoms with E-state index in [1.165, 1.54) is 4.90 Å². The molecule has 0 radical (unpaired) electrons. The summed E-state index contributed by atoms with van der Waals surface area (Å²) in [6.07, 6.45) is 1.58. The number of oxime groups is 1. The molecule has 1 aliphatic rings. The van der Waals surface area contributed by atoms with Crippen molar-refractivity contribution in [3.8, 4) is 0 Å². The summed E-state index contributed by atoms with van der Waals surface area (Å²) in [5, 5.41) is 21.2. The third-order valence-electron chi connectivity index (χ3n) is 2.68. The minimum absolute atomic E-state index is 0.0464. The molecule has 1 rings (SSSR count). The van der Waals surface area contributed by atoms with E-state index >= 15 is 0 Å². The molecule has 5 N–H and O–H groups in total. The Bertz CT molecular complexity index is 542. The Balaban J connectivity index is 2.81. The van der Waals surface area contributed by atoms with Crippen molar-refractivity contribution in [2.45, 2.75) is 19.8 Å². The topological polar surface area (TPSA) is 168 Å². The molecule has 1 aliphatic heterocycles. The van der Waals surface area contributed by atoms with Crippen molar-refractivity contribution in [3.05, 3.63) is 0 Å². The van der Waals surface area contributed by atoms with E-state index in [9.17, 15) is 9.36 Å². The number of amides is 1. The molecule has 0 spiro atoms. The number of aliphatic imine (C=N–C) groups is 1. The molecule has 1 amide bonds. The summed E-state index contributed by atoms with van der Waals surface area (Å²) in [7, 11) is -4.58. The van der Waals surface area contributed by atoms with Crippen molar-refractivity contribution >= 4 is 31.2 Å². The maximum absolute atomic E-state index is 11.7. The van der Waals surface area contributed by atoms with Crippen LogP contribution >= 0.6 is 7.82 Å². The number of nitrogens with one attached hydrogen (secondary N) is 2. The Kier molecular flexibility index (Phi) is 6.62. The van der Waals surface area contributed by atoms with Crippen LogP contribution in [0.4, 0.5) is 0 Å². The van der Waals surface area contributed by atoms with Gasteiger partial charge >= 0.3 is 7.82 Å². The average Bonchev–Trinajstić information content (AvgIpc) is 2.41. The van der Waals surface area contributed by atoms with Crippen molar-refractivity contribution < 1.29 is 28.9 Å². The first-order chi connectivity index (χ1) is 10.3. The Labute approximate surface area is 126 Å². The molecule has 0 aromatic heterocycles. The molecule has 1 heterocycles. The monoisotopic (exact) mass is 335 g/mol. The van der Waals surface area contributed by atoms with Crippen molar-refractivity contribution in [1.82, 2.24) is 10.2 Å². The standard InChI is InChI=1S/C10H18N5O6P/c1-2-3-4-15(5-6-21-22(18,19)20)10-12-8(11)7(14-17)9(16)13-10/h17H,2-6H2,1H3,(H2,18,19,20)(H2,11,12,13,16)/b14-7+. The van der Waals surface area contributed by atoms with Gasteiger partial charge in [0.25, 0.3) is 5.91 Å². The highest BCUT2D eigenvalue weighted by atomic mass is 31.2. The summed E-state index contributed by atoms with van der Waals surface area (Å²) in [6.45, 7) is 2.17. The zero-order valence-electron chi connectivity index (χ0n) is 11.9. The van der Waals surface area contributed by atoms with Gasteiger partial charge in [0, 0.05) is 13.1 Å². The van der Waals surface area contributed by atoms with Gasteiger partial charge in [-0.2, -0.15) is 4.99 Å². The van der Waals surface area contributed by atoms with Crippen LogP contribution in [0.25, 0.3) is 0 Å². The molecule has 0 unspecified atom stereocenters. The van der Waals surface area contributed by atoms with Gasteiger partial charge in [0.2, 0.25) is 11.7 Å². The van der Waals surface area contributed by atoms with Gasteiger partial charge in [0.05, 0.1) is 6.61 Å². The summed E-state index contributed by atoms with van der Waals surface area (Å²) in [4.78, 5) is 34.3. The predicted octanol–water partition coefficient (Wildman–Crippen LogP) is -0.509. The van der Waals surface area contributed by atoms with Crippen molar-refractivity contribution in [1.29, 1.82) is 5.41 Å². The lowest BCUT2D eigenvalue weighted by Gasteiger charge is -2.28. The zero-order chi connectivity index (χ0) is 16.8. The Morgan fingerprint density at radius 3 is 2.64 bits per heavy atom. The number of guanidine groups is 1. The van der Waals surface area contributed by atoms with Crippen molar-refractivity contribution in [2.24, 2.45) is 10.1 Å². The molecule has 11 nitrogen and oxygen atoms in total. The highest BCUT2D eigenvalue weighted by molar-refractivity contribution is 7.46. The van der Waals surface area contributed by atoms with Gasteiger partial charge in [-0.3, -0.25) is 20.0 Å². The molecule has 0 aromatic carbocycles. The minimum Gasteiger partial charge on any atom is -0.410 e. The number of rotatable bonds is 7. The number of carbonyl (C=O) groups is 1. The van der Waals surface area contributed by atoms with Gasteiger partial charge in [-0.15, -0.1) is 0 Å². The van der Waals surface area contributed by atoms with Crippen LogP contribution < -0.4 is 5.32 Å². The fraction of sp³-hybridized carbons (Fsp3) is 0.600. The SMILES string of the molecule is CCCCN(CCOP(=O)(O)O)C1=NC(=N)/C(=N\O)C(=O)N1. The highest BCUT2D eigenvalue weighted by Gasteiger charge is 2.28. The first-order valence-electron chi connectivity index (χ1n) is 6.44. The van der Waals surface area contributed by atoms with Crippen LogP contribution in [0.2, 0.25) is 0 Å². The van der Waals surface area contributed by atoms with Crippen LogP contribution in [-0.4, -0.2) is 63.0 Å². The van der Waals surface area contributed by atoms with E-state index in [1.807, 2.05) is 6.92 Å². The summed E-state index contributed by atoms with van der Waals surface area (Å²) < 4.78 is 15.0. The summed E-state index contributed by atoms with van der Waals surface area (Å²) >= 11 is 0. The molecule has 0 aromatic rings. The van der Waals surface area contributed by atoms with E-state index in [0.29, 0.717) is 6.54 Å². The number of hydrogen-bond acceptors (Lipinski definition) is 7. The number of phosphoric ester groups is 1. The summed E-state index contributed by atoms with van der Waals surface area (Å²) in [5.41, 5.74) is -0.509. The van der Waals surface area contributed by atoms with E-state index < -0.39 is 25.3 Å². The Hall–Kier alpha value is -1.81. The molecule has 0 saturated heterocycles. The van der Waals surface area contributed by atoms with E-state index in [2.05, 4.69) is 20.0 Å². The highest BCUT2D eigenvalue weighted by Crippen LogP contribution is 2.35. The molecule has 0 aliphatic carbocycles. The second kappa shape index (κ2) is 7.99. The van der Waals surface area contributed by atoms with Gasteiger partial charge in [-0.05, 0) is 6.42 Å². The van der Waals surface area contributed by atoms with Gasteiger partial charge in [-0.25, -0.2) is 4.57 Å². The molecular weight excluding hydrogens is 317 g/mol. The Morgan fingerprint density at radius 1 is 1.45 bits per heavy atom. The quantitative estimate of drug-likeness (QED) is 0.237. The van der Waals surface area contributed by atoms with E-state index in [4.69, 9.17) is 20.4 Å². The first-order valence-corrected chi connectivity index (χ1v) is 7.97. The lowest BCUT2D eigenvalue weighted by molar-refractivity contribution is -0.113. The first kappa shape index (κ1) is 18.2. The van der Waals surface area contributed by atoms with Crippen LogP contribution in [0.5, 0.6) is 0 Å². The van der Waals surface area contributed by atoms with Gasteiger partial charge < -0.3 is 19.9 Å². The smallest absolute Gasteiger partial charge is 0.410 e. The molecule has 12 heteroatoms. The van der Waals surface area contributed by atoms with Crippen molar-refractivity contribution in [2.75, 3.05) is 19.7 Å². The second-order valence-corrected chi connectivity index (χ2v) is 5.59. The van der Waals surface area contributed by atoms with Crippen LogP contribution in [-0.2, 0) is 13.9 Å². The normalized spacial score (nSPS) is 17.4. The fourth-order valence-corrected chi connectivity index (χ4v) is 1.96. The molecular formula is C10H18N5O6P. The second-order valence-electron chi connectivity index (χ2n) is 4.35. The van der Waals surface area contributed by atoms with Crippen LogP contribution in [0.3, 0.4) is 0 Å². The lowest BCUT2D eigenvalue weighted by Crippen LogP contribution is -2.52. The fourth-order valence-electron chi connectivity index (χ4n) is 1.64. The number of hydrogen-bond donors (Lipinski definition) is 5. The number of amidine groups is 1. The number of nitrogens with zero attached hydrogens (tertiary/aromatic N) is 3. The molecule has 0 fully saturated rings. The van der Waals surface area contributed by atoms with Gasteiger partial charge in [-0.1, -0.05) is 18.5 Å². The number of unbranched alkanes of at least 4 members (excludes halogenated alkanes) is 1. The van der Waals surface area contributed by atoms with E-state index in [-0.39, 0.29) is 19.1 Å². The maximum Gasteiger partial charge on any atom is 0.469 e. The van der Waals surface area contributed by atoms with Gasteiger partial charge in [0.1, 0.15) is 0 Å².